The molecule has 0 saturated carbocycles. The van der Waals surface area contributed by atoms with E-state index in [2.05, 4.69) is 51.0 Å². The highest BCUT2D eigenvalue weighted by molar-refractivity contribution is 5.88. The first kappa shape index (κ1) is 19.2. The van der Waals surface area contributed by atoms with Gasteiger partial charge < -0.3 is 14.8 Å². The Morgan fingerprint density at radius 1 is 1.18 bits per heavy atom. The lowest BCUT2D eigenvalue weighted by Gasteiger charge is -2.46. The number of aromatic nitrogens is 2. The molecule has 6 heteroatoms. The summed E-state index contributed by atoms with van der Waals surface area (Å²) in [6.07, 6.45) is 3.42. The predicted octanol–water partition coefficient (Wildman–Crippen LogP) is 1.85. The molecule has 28 heavy (non-hydrogen) atoms. The summed E-state index contributed by atoms with van der Waals surface area (Å²) in [7, 11) is 1.91. The first-order chi connectivity index (χ1) is 13.5. The van der Waals surface area contributed by atoms with Crippen molar-refractivity contribution in [2.24, 2.45) is 0 Å². The molecule has 1 fully saturated rings. The molecule has 0 spiro atoms. The van der Waals surface area contributed by atoms with Crippen molar-refractivity contribution in [2.45, 2.75) is 38.8 Å². The van der Waals surface area contributed by atoms with E-state index in [0.717, 1.165) is 57.1 Å². The van der Waals surface area contributed by atoms with Crippen molar-refractivity contribution in [2.75, 3.05) is 39.8 Å². The molecule has 1 aromatic heterocycles. The van der Waals surface area contributed by atoms with Crippen LogP contribution in [-0.4, -0.2) is 75.9 Å². The molecule has 1 aliphatic heterocycles. The van der Waals surface area contributed by atoms with Crippen molar-refractivity contribution in [1.82, 2.24) is 24.7 Å². The van der Waals surface area contributed by atoms with E-state index in [1.54, 1.807) is 0 Å². The van der Waals surface area contributed by atoms with Gasteiger partial charge in [-0.05, 0) is 24.6 Å². The number of benzene rings is 1. The molecule has 1 aliphatic carbocycles. The SMILES string of the molecule is CCN1CCN(C2(C(=O)N(C)Cc3ncc(C)[nH]3)Cc3ccccc3C2)CC1. The molecule has 2 heterocycles. The fourth-order valence-corrected chi connectivity index (χ4v) is 4.80. The van der Waals surface area contributed by atoms with Crippen LogP contribution < -0.4 is 0 Å². The quantitative estimate of drug-likeness (QED) is 0.859. The maximum Gasteiger partial charge on any atom is 0.243 e. The molecule has 2 aromatic rings. The Balaban J connectivity index is 1.59. The van der Waals surface area contributed by atoms with Crippen LogP contribution in [0.15, 0.2) is 30.5 Å². The number of amides is 1. The monoisotopic (exact) mass is 381 g/mol. The van der Waals surface area contributed by atoms with E-state index in [0.29, 0.717) is 6.54 Å². The van der Waals surface area contributed by atoms with Crippen LogP contribution in [0, 0.1) is 6.92 Å². The van der Waals surface area contributed by atoms with E-state index >= 15 is 0 Å². The van der Waals surface area contributed by atoms with Crippen LogP contribution in [0.1, 0.15) is 29.6 Å². The zero-order valence-electron chi connectivity index (χ0n) is 17.2. The van der Waals surface area contributed by atoms with E-state index in [9.17, 15) is 4.79 Å². The Morgan fingerprint density at radius 2 is 1.82 bits per heavy atom. The van der Waals surface area contributed by atoms with Crippen LogP contribution in [0.4, 0.5) is 0 Å². The molecule has 4 rings (SSSR count). The van der Waals surface area contributed by atoms with E-state index in [4.69, 9.17) is 0 Å². The second-order valence-corrected chi connectivity index (χ2v) is 8.25. The maximum atomic E-state index is 13.8. The number of H-pyrrole nitrogens is 1. The lowest BCUT2D eigenvalue weighted by molar-refractivity contribution is -0.145. The average Bonchev–Trinajstić information content (AvgIpc) is 3.31. The van der Waals surface area contributed by atoms with E-state index < -0.39 is 5.54 Å². The molecule has 1 N–H and O–H groups in total. The number of rotatable bonds is 5. The van der Waals surface area contributed by atoms with Gasteiger partial charge in [0, 0.05) is 58.0 Å². The summed E-state index contributed by atoms with van der Waals surface area (Å²) in [6.45, 7) is 9.74. The van der Waals surface area contributed by atoms with Crippen molar-refractivity contribution in [1.29, 1.82) is 0 Å². The maximum absolute atomic E-state index is 13.8. The summed E-state index contributed by atoms with van der Waals surface area (Å²) in [4.78, 5) is 28.2. The number of hydrogen-bond donors (Lipinski definition) is 1. The van der Waals surface area contributed by atoms with Gasteiger partial charge in [-0.2, -0.15) is 0 Å². The van der Waals surface area contributed by atoms with Gasteiger partial charge in [-0.15, -0.1) is 0 Å². The fraction of sp³-hybridized carbons (Fsp3) is 0.545. The van der Waals surface area contributed by atoms with Crippen LogP contribution >= 0.6 is 0 Å². The predicted molar refractivity (Wildman–Crippen MR) is 110 cm³/mol. The van der Waals surface area contributed by atoms with Crippen LogP contribution in [0.5, 0.6) is 0 Å². The van der Waals surface area contributed by atoms with Crippen LogP contribution in [0.2, 0.25) is 0 Å². The highest BCUT2D eigenvalue weighted by Gasteiger charge is 2.50. The smallest absolute Gasteiger partial charge is 0.243 e. The number of aryl methyl sites for hydroxylation is 1. The van der Waals surface area contributed by atoms with Crippen molar-refractivity contribution >= 4 is 5.91 Å². The van der Waals surface area contributed by atoms with Gasteiger partial charge >= 0.3 is 0 Å². The summed E-state index contributed by atoms with van der Waals surface area (Å²) < 4.78 is 0. The third-order valence-corrected chi connectivity index (χ3v) is 6.40. The van der Waals surface area contributed by atoms with Crippen molar-refractivity contribution in [3.8, 4) is 0 Å². The van der Waals surface area contributed by atoms with E-state index in [1.807, 2.05) is 25.1 Å². The standard InChI is InChI=1S/C22H31N5O/c1-4-26-9-11-27(12-10-26)22(13-18-7-5-6-8-19(18)14-22)21(28)25(3)16-20-23-15-17(2)24-20/h5-8,15H,4,9-14,16H2,1-3H3,(H,23,24). The van der Waals surface area contributed by atoms with Crippen LogP contribution in [0.3, 0.4) is 0 Å². The molecule has 0 bridgehead atoms. The molecule has 2 aliphatic rings. The molecular formula is C22H31N5O. The highest BCUT2D eigenvalue weighted by Crippen LogP contribution is 2.37. The minimum atomic E-state index is -0.472. The number of imidazole rings is 1. The summed E-state index contributed by atoms with van der Waals surface area (Å²) in [5.74, 6) is 1.05. The normalized spacial score (nSPS) is 19.5. The summed E-state index contributed by atoms with van der Waals surface area (Å²) in [5, 5.41) is 0. The summed E-state index contributed by atoms with van der Waals surface area (Å²) in [6, 6.07) is 8.54. The zero-order valence-corrected chi connectivity index (χ0v) is 17.2. The number of hydrogen-bond acceptors (Lipinski definition) is 4. The molecule has 6 nitrogen and oxygen atoms in total. The second-order valence-electron chi connectivity index (χ2n) is 8.25. The Kier molecular flexibility index (Phi) is 5.25. The minimum absolute atomic E-state index is 0.211. The van der Waals surface area contributed by atoms with E-state index in [1.165, 1.54) is 11.1 Å². The topological polar surface area (TPSA) is 55.5 Å². The molecule has 0 radical (unpaired) electrons. The Morgan fingerprint density at radius 3 is 2.36 bits per heavy atom. The van der Waals surface area contributed by atoms with Crippen molar-refractivity contribution in [3.05, 3.63) is 53.1 Å². The first-order valence-corrected chi connectivity index (χ1v) is 10.3. The second kappa shape index (κ2) is 7.68. The van der Waals surface area contributed by atoms with Gasteiger partial charge in [0.15, 0.2) is 0 Å². The fourth-order valence-electron chi connectivity index (χ4n) is 4.80. The number of nitrogens with one attached hydrogen (secondary N) is 1. The number of likely N-dealkylation sites (N-methyl/N-ethyl adjacent to an activating group) is 2. The first-order valence-electron chi connectivity index (χ1n) is 10.3. The van der Waals surface area contributed by atoms with E-state index in [-0.39, 0.29) is 5.91 Å². The third kappa shape index (κ3) is 3.47. The summed E-state index contributed by atoms with van der Waals surface area (Å²) in [5.41, 5.74) is 3.18. The molecule has 1 saturated heterocycles. The number of fused-ring (bicyclic) bond motifs is 1. The summed E-state index contributed by atoms with van der Waals surface area (Å²) >= 11 is 0. The van der Waals surface area contributed by atoms with Crippen molar-refractivity contribution in [3.63, 3.8) is 0 Å². The van der Waals surface area contributed by atoms with Gasteiger partial charge in [-0.1, -0.05) is 31.2 Å². The number of carbonyl (C=O) groups excluding carboxylic acids is 1. The Labute approximate surface area is 167 Å². The van der Waals surface area contributed by atoms with Gasteiger partial charge in [0.2, 0.25) is 5.91 Å². The lowest BCUT2D eigenvalue weighted by atomic mass is 9.90. The van der Waals surface area contributed by atoms with Gasteiger partial charge in [0.25, 0.3) is 0 Å². The lowest BCUT2D eigenvalue weighted by Crippen LogP contribution is -2.64. The Hall–Kier alpha value is -2.18. The number of carbonyl (C=O) groups is 1. The average molecular weight is 382 g/mol. The number of nitrogens with zero attached hydrogens (tertiary/aromatic N) is 4. The molecule has 150 valence electrons. The molecule has 0 unspecified atom stereocenters. The molecular weight excluding hydrogens is 350 g/mol. The van der Waals surface area contributed by atoms with Gasteiger partial charge in [-0.3, -0.25) is 9.69 Å². The number of aromatic amines is 1. The van der Waals surface area contributed by atoms with Crippen molar-refractivity contribution < 1.29 is 4.79 Å². The largest absolute Gasteiger partial charge is 0.345 e. The molecule has 0 atom stereocenters. The highest BCUT2D eigenvalue weighted by atomic mass is 16.2. The number of piperazine rings is 1. The molecule has 1 aromatic carbocycles. The van der Waals surface area contributed by atoms with Crippen LogP contribution in [-0.2, 0) is 24.2 Å². The zero-order chi connectivity index (χ0) is 19.7. The molecule has 1 amide bonds. The minimum Gasteiger partial charge on any atom is -0.345 e. The Bertz CT molecular complexity index is 812. The van der Waals surface area contributed by atoms with Gasteiger partial charge in [-0.25, -0.2) is 4.98 Å². The van der Waals surface area contributed by atoms with Crippen LogP contribution in [0.25, 0.3) is 0 Å². The third-order valence-electron chi connectivity index (χ3n) is 6.40. The van der Waals surface area contributed by atoms with Gasteiger partial charge in [0.05, 0.1) is 6.54 Å². The van der Waals surface area contributed by atoms with Gasteiger partial charge in [0.1, 0.15) is 11.4 Å².